The maximum atomic E-state index is 11.4. The molecule has 1 aromatic heterocycles. The molecule has 0 fully saturated rings. The molecular formula is C16H20N2O. The van der Waals surface area contributed by atoms with Gasteiger partial charge in [-0.25, -0.2) is 0 Å². The lowest BCUT2D eigenvalue weighted by Crippen LogP contribution is -2.17. The fraction of sp³-hybridized carbons (Fsp3) is 0.312. The molecule has 0 saturated heterocycles. The summed E-state index contributed by atoms with van der Waals surface area (Å²) >= 11 is 0. The molecular weight excluding hydrogens is 236 g/mol. The minimum atomic E-state index is 0.00827. The van der Waals surface area contributed by atoms with Crippen LogP contribution in [0.1, 0.15) is 30.5 Å². The molecule has 0 amide bonds. The van der Waals surface area contributed by atoms with Gasteiger partial charge in [0.05, 0.1) is 11.7 Å². The van der Waals surface area contributed by atoms with Crippen LogP contribution in [0.5, 0.6) is 0 Å². The van der Waals surface area contributed by atoms with Crippen LogP contribution in [-0.2, 0) is 7.05 Å². The number of hydrogen-bond acceptors (Lipinski definition) is 2. The van der Waals surface area contributed by atoms with E-state index < -0.39 is 0 Å². The fourth-order valence-corrected chi connectivity index (χ4v) is 2.10. The maximum absolute atomic E-state index is 11.4. The molecule has 3 nitrogen and oxygen atoms in total. The lowest BCUT2D eigenvalue weighted by atomic mass is 10.0. The smallest absolute Gasteiger partial charge is 0.250 e. The Morgan fingerprint density at radius 3 is 2.42 bits per heavy atom. The van der Waals surface area contributed by atoms with Crippen molar-refractivity contribution in [1.82, 2.24) is 4.57 Å². The predicted molar refractivity (Wildman–Crippen MR) is 79.5 cm³/mol. The summed E-state index contributed by atoms with van der Waals surface area (Å²) in [6, 6.07) is 12.2. The van der Waals surface area contributed by atoms with E-state index in [9.17, 15) is 4.79 Å². The summed E-state index contributed by atoms with van der Waals surface area (Å²) < 4.78 is 1.59. The third-order valence-corrected chi connectivity index (χ3v) is 3.31. The van der Waals surface area contributed by atoms with E-state index in [4.69, 9.17) is 0 Å². The zero-order valence-electron chi connectivity index (χ0n) is 11.7. The van der Waals surface area contributed by atoms with Gasteiger partial charge < -0.3 is 9.88 Å². The molecule has 0 aliphatic carbocycles. The Morgan fingerprint density at radius 2 is 1.84 bits per heavy atom. The summed E-state index contributed by atoms with van der Waals surface area (Å²) in [5.74, 6) is 0. The molecule has 19 heavy (non-hydrogen) atoms. The number of anilines is 1. The number of nitrogens with zero attached hydrogens (tertiary/aromatic N) is 1. The van der Waals surface area contributed by atoms with Gasteiger partial charge in [-0.2, -0.15) is 0 Å². The van der Waals surface area contributed by atoms with Gasteiger partial charge in [-0.15, -0.1) is 0 Å². The van der Waals surface area contributed by atoms with Crippen molar-refractivity contribution in [3.05, 3.63) is 64.1 Å². The number of aromatic nitrogens is 1. The highest BCUT2D eigenvalue weighted by Gasteiger charge is 2.09. The second kappa shape index (κ2) is 5.74. The van der Waals surface area contributed by atoms with Crippen LogP contribution in [-0.4, -0.2) is 4.57 Å². The van der Waals surface area contributed by atoms with Gasteiger partial charge in [-0.05, 0) is 25.0 Å². The molecule has 1 atom stereocenters. The topological polar surface area (TPSA) is 34.0 Å². The van der Waals surface area contributed by atoms with Crippen LogP contribution in [0.25, 0.3) is 0 Å². The molecule has 1 heterocycles. The van der Waals surface area contributed by atoms with E-state index in [-0.39, 0.29) is 11.6 Å². The second-order valence-corrected chi connectivity index (χ2v) is 4.88. The minimum absolute atomic E-state index is 0.00827. The molecule has 0 spiro atoms. The van der Waals surface area contributed by atoms with Crippen molar-refractivity contribution in [2.24, 2.45) is 7.05 Å². The Labute approximate surface area is 113 Å². The Kier molecular flexibility index (Phi) is 4.05. The van der Waals surface area contributed by atoms with Crippen molar-refractivity contribution in [3.63, 3.8) is 0 Å². The number of benzene rings is 1. The molecule has 2 aromatic rings. The molecule has 0 aliphatic heterocycles. The molecule has 2 rings (SSSR count). The molecule has 3 heteroatoms. The molecule has 1 N–H and O–H groups in total. The molecule has 0 bridgehead atoms. The Bertz CT molecular complexity index is 599. The minimum Gasteiger partial charge on any atom is -0.377 e. The predicted octanol–water partition coefficient (Wildman–Crippen LogP) is 3.26. The van der Waals surface area contributed by atoms with Gasteiger partial charge in [0.25, 0.3) is 0 Å². The van der Waals surface area contributed by atoms with E-state index in [2.05, 4.69) is 43.4 Å². The van der Waals surface area contributed by atoms with Crippen molar-refractivity contribution in [2.75, 3.05) is 5.32 Å². The van der Waals surface area contributed by atoms with Crippen LogP contribution in [0.3, 0.4) is 0 Å². The quantitative estimate of drug-likeness (QED) is 0.911. The van der Waals surface area contributed by atoms with Crippen molar-refractivity contribution < 1.29 is 0 Å². The molecule has 1 unspecified atom stereocenters. The first kappa shape index (κ1) is 13.4. The second-order valence-electron chi connectivity index (χ2n) is 4.88. The van der Waals surface area contributed by atoms with Crippen LogP contribution in [0.15, 0.2) is 47.4 Å². The van der Waals surface area contributed by atoms with Crippen LogP contribution < -0.4 is 10.9 Å². The standard InChI is InChI=1S/C16H20N2O/c1-4-15(13-7-5-12(2)6-8-13)17-14-9-10-16(19)18(3)11-14/h5-11,15,17H,4H2,1-3H3. The first-order valence-electron chi connectivity index (χ1n) is 6.60. The number of rotatable bonds is 4. The average molecular weight is 256 g/mol. The van der Waals surface area contributed by atoms with Crippen LogP contribution in [0.2, 0.25) is 0 Å². The lowest BCUT2D eigenvalue weighted by Gasteiger charge is -2.19. The van der Waals surface area contributed by atoms with Gasteiger partial charge in [-0.1, -0.05) is 36.8 Å². The zero-order chi connectivity index (χ0) is 13.8. The van der Waals surface area contributed by atoms with E-state index in [1.807, 2.05) is 12.3 Å². The molecule has 0 saturated carbocycles. The average Bonchev–Trinajstić information content (AvgIpc) is 2.41. The molecule has 100 valence electrons. The van der Waals surface area contributed by atoms with E-state index in [0.29, 0.717) is 0 Å². The summed E-state index contributed by atoms with van der Waals surface area (Å²) in [6.07, 6.45) is 2.82. The lowest BCUT2D eigenvalue weighted by molar-refractivity contribution is 0.744. The number of nitrogens with one attached hydrogen (secondary N) is 1. The Hall–Kier alpha value is -2.03. The third-order valence-electron chi connectivity index (χ3n) is 3.31. The number of aryl methyl sites for hydroxylation is 2. The van der Waals surface area contributed by atoms with Crippen molar-refractivity contribution in [1.29, 1.82) is 0 Å². The summed E-state index contributed by atoms with van der Waals surface area (Å²) in [7, 11) is 1.76. The van der Waals surface area contributed by atoms with E-state index in [1.54, 1.807) is 17.7 Å². The van der Waals surface area contributed by atoms with Crippen LogP contribution >= 0.6 is 0 Å². The van der Waals surface area contributed by atoms with Crippen LogP contribution in [0.4, 0.5) is 5.69 Å². The highest BCUT2D eigenvalue weighted by Crippen LogP contribution is 2.22. The fourth-order valence-electron chi connectivity index (χ4n) is 2.10. The molecule has 1 aromatic carbocycles. The maximum Gasteiger partial charge on any atom is 0.250 e. The molecule has 0 radical (unpaired) electrons. The third kappa shape index (κ3) is 3.25. The highest BCUT2D eigenvalue weighted by molar-refractivity contribution is 5.43. The van der Waals surface area contributed by atoms with Gasteiger partial charge in [0.1, 0.15) is 0 Å². The summed E-state index contributed by atoms with van der Waals surface area (Å²) in [4.78, 5) is 11.4. The van der Waals surface area contributed by atoms with Crippen molar-refractivity contribution >= 4 is 5.69 Å². The Morgan fingerprint density at radius 1 is 1.16 bits per heavy atom. The number of pyridine rings is 1. The van der Waals surface area contributed by atoms with Gasteiger partial charge in [0, 0.05) is 19.3 Å². The van der Waals surface area contributed by atoms with Gasteiger partial charge in [-0.3, -0.25) is 4.79 Å². The van der Waals surface area contributed by atoms with Gasteiger partial charge in [0.15, 0.2) is 0 Å². The van der Waals surface area contributed by atoms with Gasteiger partial charge in [0.2, 0.25) is 5.56 Å². The monoisotopic (exact) mass is 256 g/mol. The van der Waals surface area contributed by atoms with E-state index >= 15 is 0 Å². The first-order valence-corrected chi connectivity index (χ1v) is 6.60. The van der Waals surface area contributed by atoms with Gasteiger partial charge >= 0.3 is 0 Å². The normalized spacial score (nSPS) is 12.2. The Balaban J connectivity index is 2.21. The van der Waals surface area contributed by atoms with Crippen LogP contribution in [0, 0.1) is 6.92 Å². The highest BCUT2D eigenvalue weighted by atomic mass is 16.1. The SMILES string of the molecule is CCC(Nc1ccc(=O)n(C)c1)c1ccc(C)cc1. The largest absolute Gasteiger partial charge is 0.377 e. The zero-order valence-corrected chi connectivity index (χ0v) is 11.7. The van der Waals surface area contributed by atoms with Crippen molar-refractivity contribution in [3.8, 4) is 0 Å². The molecule has 0 aliphatic rings. The first-order chi connectivity index (χ1) is 9.10. The van der Waals surface area contributed by atoms with E-state index in [1.165, 1.54) is 11.1 Å². The number of hydrogen-bond donors (Lipinski definition) is 1. The summed E-state index contributed by atoms with van der Waals surface area (Å²) in [5, 5.41) is 3.47. The van der Waals surface area contributed by atoms with E-state index in [0.717, 1.165) is 12.1 Å². The summed E-state index contributed by atoms with van der Waals surface area (Å²) in [5.41, 5.74) is 3.51. The summed E-state index contributed by atoms with van der Waals surface area (Å²) in [6.45, 7) is 4.24. The van der Waals surface area contributed by atoms with Crippen molar-refractivity contribution in [2.45, 2.75) is 26.3 Å².